The van der Waals surface area contributed by atoms with Crippen molar-refractivity contribution in [3.8, 4) is 0 Å². The van der Waals surface area contributed by atoms with Crippen molar-refractivity contribution < 1.29 is 8.39 Å². The highest BCUT2D eigenvalue weighted by molar-refractivity contribution is 8.28. The van der Waals surface area contributed by atoms with Gasteiger partial charge in [-0.1, -0.05) is 0 Å². The molecule has 0 saturated carbocycles. The van der Waals surface area contributed by atoms with Crippen LogP contribution in [0, 0.1) is 0 Å². The lowest BCUT2D eigenvalue weighted by Crippen LogP contribution is -1.46. The molecule has 0 aromatic carbocycles. The molecule has 0 amide bonds. The molecule has 0 aliphatic carbocycles. The van der Waals surface area contributed by atoms with E-state index in [0.29, 0.717) is 0 Å². The van der Waals surface area contributed by atoms with E-state index in [9.17, 15) is 8.39 Å². The van der Waals surface area contributed by atoms with Crippen LogP contribution in [0.3, 0.4) is 0 Å². The summed E-state index contributed by atoms with van der Waals surface area (Å²) in [4.78, 5) is 0. The van der Waals surface area contributed by atoms with Crippen molar-refractivity contribution in [2.45, 2.75) is 0 Å². The molecule has 0 atom stereocenters. The van der Waals surface area contributed by atoms with Crippen molar-refractivity contribution >= 4 is 57.5 Å². The molecule has 0 radical (unpaired) electrons. The van der Waals surface area contributed by atoms with Crippen molar-refractivity contribution in [3.63, 3.8) is 0 Å². The number of hydrogen-bond acceptors (Lipinski definition) is 1. The Bertz CT molecular complexity index is 182. The number of rotatable bonds is 1. The molecule has 0 rings (SSSR count). The molecule has 0 spiro atoms. The van der Waals surface area contributed by atoms with Gasteiger partial charge in [-0.15, -0.1) is 0 Å². The average Bonchev–Trinajstić information content (AvgIpc) is 1.14. The van der Waals surface area contributed by atoms with Crippen LogP contribution in [-0.4, -0.2) is 0 Å². The van der Waals surface area contributed by atoms with E-state index in [0.717, 1.165) is 0 Å². The fourth-order valence-corrected chi connectivity index (χ4v) is 5.42. The van der Waals surface area contributed by atoms with Gasteiger partial charge in [0.25, 0.3) is 0 Å². The summed E-state index contributed by atoms with van der Waals surface area (Å²) >= 11 is 18.5. The highest BCUT2D eigenvalue weighted by atomic mass is 36.0. The fourth-order valence-electron chi connectivity index (χ4n) is 0.118. The Morgan fingerprint density at radius 3 is 1.56 bits per heavy atom. The van der Waals surface area contributed by atoms with Crippen molar-refractivity contribution in [1.29, 1.82) is 0 Å². The first kappa shape index (κ1) is 10.6. The highest BCUT2D eigenvalue weighted by Gasteiger charge is 2.17. The number of nitrogens with zero attached hydrogens (tertiary/aromatic N) is 1. The van der Waals surface area contributed by atoms with E-state index in [2.05, 4.69) is 16.3 Å². The van der Waals surface area contributed by atoms with Gasteiger partial charge in [0.05, 0.1) is 0 Å². The Morgan fingerprint density at radius 2 is 1.56 bits per heavy atom. The molecule has 9 heteroatoms. The Morgan fingerprint density at radius 1 is 1.22 bits per heavy atom. The summed E-state index contributed by atoms with van der Waals surface area (Å²) in [5.41, 5.74) is 0. The summed E-state index contributed by atoms with van der Waals surface area (Å²) < 4.78 is 26.0. The molecule has 0 aromatic rings. The maximum atomic E-state index is 11.8. The zero-order chi connectivity index (χ0) is 7.71. The molecule has 1 nitrogen and oxygen atoms in total. The lowest BCUT2D eigenvalue weighted by atomic mass is 13.9. The quantitative estimate of drug-likeness (QED) is 0.610. The SMILES string of the molecule is FP(F)(=S)N=P(Cl)(Cl)Cl. The molecule has 0 N–H and O–H groups in total. The zero-order valence-electron chi connectivity index (χ0n) is 3.64. The van der Waals surface area contributed by atoms with E-state index < -0.39 is 11.9 Å². The van der Waals surface area contributed by atoms with Gasteiger partial charge in [0.1, 0.15) is 0 Å². The van der Waals surface area contributed by atoms with E-state index in [1.54, 1.807) is 0 Å². The first-order chi connectivity index (χ1) is 3.71. The second kappa shape index (κ2) is 3.34. The second-order valence-electron chi connectivity index (χ2n) is 0.943. The summed E-state index contributed by atoms with van der Waals surface area (Å²) in [5.74, 6) is 0. The maximum absolute atomic E-state index is 11.8. The molecule has 9 heavy (non-hydrogen) atoms. The van der Waals surface area contributed by atoms with Gasteiger partial charge in [-0.05, 0) is 45.5 Å². The standard InChI is InChI=1S/Cl3F2NP2S/c1-7(2,3)6-8(4,5)9. The van der Waals surface area contributed by atoms with Gasteiger partial charge in [-0.3, -0.25) is 0 Å². The third-order valence-electron chi connectivity index (χ3n) is 0.206. The Balaban J connectivity index is 4.53. The smallest absolute Gasteiger partial charge is 0.169 e. The fraction of sp³-hybridized carbons (Fsp3) is 0. The molecular weight excluding hydrogens is 252 g/mol. The minimum Gasteiger partial charge on any atom is -0.169 e. The van der Waals surface area contributed by atoms with E-state index in [1.165, 1.54) is 0 Å². The molecule has 0 aromatic heterocycles. The predicted octanol–water partition coefficient (Wildman–Crippen LogP) is 4.81. The largest absolute Gasteiger partial charge is 0.386 e. The molecule has 0 unspecified atom stereocenters. The first-order valence-electron chi connectivity index (χ1n) is 1.43. The van der Waals surface area contributed by atoms with Gasteiger partial charge in [0.2, 0.25) is 5.11 Å². The van der Waals surface area contributed by atoms with Gasteiger partial charge in [0.15, 0.2) is 0 Å². The monoisotopic (exact) mass is 251 g/mol. The van der Waals surface area contributed by atoms with Gasteiger partial charge in [-0.2, -0.15) is 12.9 Å². The van der Waals surface area contributed by atoms with Crippen LogP contribution in [0.2, 0.25) is 0 Å². The molecule has 0 heterocycles. The van der Waals surface area contributed by atoms with Gasteiger partial charge >= 0.3 is 6.81 Å². The number of hydrogen-bond donors (Lipinski definition) is 0. The predicted molar refractivity (Wildman–Crippen MR) is 43.4 cm³/mol. The zero-order valence-corrected chi connectivity index (χ0v) is 8.51. The lowest BCUT2D eigenvalue weighted by Gasteiger charge is -1.96. The Labute approximate surface area is 70.4 Å². The Hall–Kier alpha value is 1.61. The first-order valence-corrected chi connectivity index (χ1v) is 8.42. The molecule has 0 aliphatic rings. The summed E-state index contributed by atoms with van der Waals surface area (Å²) in [6.45, 7) is -4.68. The minimum atomic E-state index is -4.68. The third kappa shape index (κ3) is 9.61. The van der Waals surface area contributed by atoms with Crippen LogP contribution in [-0.2, 0) is 11.8 Å². The van der Waals surface area contributed by atoms with Gasteiger partial charge in [-0.25, -0.2) is 0 Å². The van der Waals surface area contributed by atoms with Crippen LogP contribution in [0.25, 0.3) is 0 Å². The van der Waals surface area contributed by atoms with Crippen LogP contribution in [0.4, 0.5) is 8.39 Å². The second-order valence-corrected chi connectivity index (χ2v) is 10.6. The summed E-state index contributed by atoms with van der Waals surface area (Å²) in [6.07, 6.45) is 0. The van der Waals surface area contributed by atoms with Crippen molar-refractivity contribution in [3.05, 3.63) is 0 Å². The lowest BCUT2D eigenvalue weighted by molar-refractivity contribution is 0.744. The van der Waals surface area contributed by atoms with Crippen LogP contribution in [0.15, 0.2) is 4.52 Å². The van der Waals surface area contributed by atoms with E-state index in [4.69, 9.17) is 33.7 Å². The van der Waals surface area contributed by atoms with Crippen LogP contribution in [0.1, 0.15) is 0 Å². The van der Waals surface area contributed by atoms with Crippen molar-refractivity contribution in [1.82, 2.24) is 0 Å². The molecular formula is Cl3F2NP2S. The van der Waals surface area contributed by atoms with E-state index >= 15 is 0 Å². The topological polar surface area (TPSA) is 12.4 Å². The average molecular weight is 252 g/mol. The highest BCUT2D eigenvalue weighted by Crippen LogP contribution is 2.73. The van der Waals surface area contributed by atoms with Gasteiger partial charge < -0.3 is 0 Å². The maximum Gasteiger partial charge on any atom is 0.386 e. The third-order valence-corrected chi connectivity index (χ3v) is 4.33. The molecule has 56 valence electrons. The van der Waals surface area contributed by atoms with Crippen molar-refractivity contribution in [2.24, 2.45) is 4.52 Å². The van der Waals surface area contributed by atoms with Crippen molar-refractivity contribution in [2.75, 3.05) is 0 Å². The molecule has 0 fully saturated rings. The van der Waals surface area contributed by atoms with Crippen LogP contribution < -0.4 is 0 Å². The molecule has 0 aliphatic heterocycles. The van der Waals surface area contributed by atoms with E-state index in [1.807, 2.05) is 0 Å². The minimum absolute atomic E-state index is 2.54. The van der Waals surface area contributed by atoms with Crippen LogP contribution >= 0.6 is 45.6 Å². The summed E-state index contributed by atoms with van der Waals surface area (Å²) in [6, 6.07) is 0. The van der Waals surface area contributed by atoms with Gasteiger partial charge in [0, 0.05) is 0 Å². The summed E-state index contributed by atoms with van der Waals surface area (Å²) in [5, 5.41) is -3.30. The molecule has 0 saturated heterocycles. The number of halogens is 5. The summed E-state index contributed by atoms with van der Waals surface area (Å²) in [7, 11) is 0. The normalized spacial score (nSPS) is 13.4. The van der Waals surface area contributed by atoms with E-state index in [-0.39, 0.29) is 0 Å². The molecule has 0 bridgehead atoms. The Kier molecular flexibility index (Phi) is 3.93. The van der Waals surface area contributed by atoms with Crippen LogP contribution in [0.5, 0.6) is 0 Å².